The molecule has 0 radical (unpaired) electrons. The monoisotopic (exact) mass is 341 g/mol. The van der Waals surface area contributed by atoms with Crippen LogP contribution in [-0.2, 0) is 14.8 Å². The highest BCUT2D eigenvalue weighted by atomic mass is 32.2. The highest BCUT2D eigenvalue weighted by Gasteiger charge is 2.16. The van der Waals surface area contributed by atoms with Crippen molar-refractivity contribution in [2.24, 2.45) is 0 Å². The Hall–Kier alpha value is -1.93. The van der Waals surface area contributed by atoms with Gasteiger partial charge in [0.2, 0.25) is 15.9 Å². The summed E-state index contributed by atoms with van der Waals surface area (Å²) < 4.78 is 26.0. The molecule has 0 saturated carbocycles. The fourth-order valence-corrected chi connectivity index (χ4v) is 2.82. The Balaban J connectivity index is 2.67. The summed E-state index contributed by atoms with van der Waals surface area (Å²) in [4.78, 5) is 23.7. The average molecular weight is 341 g/mol. The summed E-state index contributed by atoms with van der Waals surface area (Å²) in [6.07, 6.45) is 0. The third kappa shape index (κ3) is 6.37. The third-order valence-electron chi connectivity index (χ3n) is 2.69. The molecule has 1 rings (SSSR count). The smallest absolute Gasteiger partial charge is 0.251 e. The third-order valence-corrected chi connectivity index (χ3v) is 4.25. The number of carbonyl (C=O) groups excluding carboxylic acids is 2. The lowest BCUT2D eigenvalue weighted by molar-refractivity contribution is -0.121. The minimum absolute atomic E-state index is 0.0846. The number of amides is 2. The van der Waals surface area contributed by atoms with Crippen molar-refractivity contribution in [2.75, 3.05) is 13.1 Å². The van der Waals surface area contributed by atoms with Gasteiger partial charge in [-0.05, 0) is 45.0 Å². The summed E-state index contributed by atoms with van der Waals surface area (Å²) in [6.45, 7) is 7.35. The zero-order valence-corrected chi connectivity index (χ0v) is 14.6. The molecule has 2 amide bonds. The first-order chi connectivity index (χ1) is 10.5. The molecule has 0 fully saturated rings. The topological polar surface area (TPSA) is 104 Å². The molecule has 0 aliphatic carbocycles. The van der Waals surface area contributed by atoms with Crippen molar-refractivity contribution in [3.05, 3.63) is 29.8 Å². The summed E-state index contributed by atoms with van der Waals surface area (Å²) in [5.41, 5.74) is -0.0894. The molecule has 0 aliphatic rings. The van der Waals surface area contributed by atoms with E-state index >= 15 is 0 Å². The molecular formula is C15H23N3O4S. The SMILES string of the molecule is CCNS(=O)(=O)c1ccc(C(=O)NCC(=O)NC(C)(C)C)cc1. The quantitative estimate of drug-likeness (QED) is 0.706. The molecule has 128 valence electrons. The summed E-state index contributed by atoms with van der Waals surface area (Å²) in [6, 6.07) is 5.51. The van der Waals surface area contributed by atoms with Gasteiger partial charge in [0.25, 0.3) is 5.91 Å². The van der Waals surface area contributed by atoms with Crippen LogP contribution in [-0.4, -0.2) is 38.9 Å². The van der Waals surface area contributed by atoms with E-state index in [1.807, 2.05) is 20.8 Å². The van der Waals surface area contributed by atoms with Crippen molar-refractivity contribution in [1.82, 2.24) is 15.4 Å². The maximum absolute atomic E-state index is 11.9. The molecule has 3 N–H and O–H groups in total. The lowest BCUT2D eigenvalue weighted by Crippen LogP contribution is -2.45. The van der Waals surface area contributed by atoms with E-state index in [-0.39, 0.29) is 35.0 Å². The van der Waals surface area contributed by atoms with Crippen LogP contribution in [0.1, 0.15) is 38.1 Å². The molecule has 23 heavy (non-hydrogen) atoms. The second kappa shape index (κ2) is 7.56. The van der Waals surface area contributed by atoms with Crippen molar-refractivity contribution in [2.45, 2.75) is 38.1 Å². The highest BCUT2D eigenvalue weighted by Crippen LogP contribution is 2.10. The molecule has 8 heteroatoms. The van der Waals surface area contributed by atoms with E-state index in [1.54, 1.807) is 6.92 Å². The van der Waals surface area contributed by atoms with E-state index in [0.717, 1.165) is 0 Å². The van der Waals surface area contributed by atoms with Gasteiger partial charge in [0, 0.05) is 17.6 Å². The summed E-state index contributed by atoms with van der Waals surface area (Å²) in [7, 11) is -3.54. The molecular weight excluding hydrogens is 318 g/mol. The molecule has 7 nitrogen and oxygen atoms in total. The van der Waals surface area contributed by atoms with Crippen LogP contribution < -0.4 is 15.4 Å². The van der Waals surface area contributed by atoms with E-state index in [9.17, 15) is 18.0 Å². The standard InChI is InChI=1S/C15H23N3O4S/c1-5-17-23(21,22)12-8-6-11(7-9-12)14(20)16-10-13(19)18-15(2,3)4/h6-9,17H,5,10H2,1-4H3,(H,16,20)(H,18,19). The first-order valence-electron chi connectivity index (χ1n) is 7.24. The Bertz CT molecular complexity index is 661. The van der Waals surface area contributed by atoms with Crippen molar-refractivity contribution < 1.29 is 18.0 Å². The average Bonchev–Trinajstić information content (AvgIpc) is 2.43. The molecule has 0 bridgehead atoms. The fraction of sp³-hybridized carbons (Fsp3) is 0.467. The van der Waals surface area contributed by atoms with Crippen LogP contribution in [0.3, 0.4) is 0 Å². The van der Waals surface area contributed by atoms with Crippen LogP contribution in [0.2, 0.25) is 0 Å². The molecule has 0 aliphatic heterocycles. The summed E-state index contributed by atoms with van der Waals surface area (Å²) in [5, 5.41) is 5.22. The van der Waals surface area contributed by atoms with Crippen LogP contribution in [0, 0.1) is 0 Å². The summed E-state index contributed by atoms with van der Waals surface area (Å²) >= 11 is 0. The first kappa shape index (κ1) is 19.1. The molecule has 0 atom stereocenters. The largest absolute Gasteiger partial charge is 0.350 e. The number of rotatable bonds is 6. The van der Waals surface area contributed by atoms with Gasteiger partial charge in [-0.2, -0.15) is 0 Å². The minimum atomic E-state index is -3.54. The van der Waals surface area contributed by atoms with Crippen molar-refractivity contribution in [1.29, 1.82) is 0 Å². The Kier molecular flexibility index (Phi) is 6.28. The number of sulfonamides is 1. The van der Waals surface area contributed by atoms with Gasteiger partial charge in [-0.1, -0.05) is 6.92 Å². The van der Waals surface area contributed by atoms with Gasteiger partial charge in [-0.15, -0.1) is 0 Å². The zero-order valence-electron chi connectivity index (χ0n) is 13.8. The van der Waals surface area contributed by atoms with Gasteiger partial charge >= 0.3 is 0 Å². The van der Waals surface area contributed by atoms with Gasteiger partial charge < -0.3 is 10.6 Å². The van der Waals surface area contributed by atoms with Gasteiger partial charge in [-0.25, -0.2) is 13.1 Å². The Labute approximate surface area is 136 Å². The molecule has 0 unspecified atom stereocenters. The first-order valence-corrected chi connectivity index (χ1v) is 8.72. The molecule has 0 spiro atoms. The Morgan fingerprint density at radius 3 is 2.13 bits per heavy atom. The second-order valence-corrected chi connectivity index (χ2v) is 7.77. The van der Waals surface area contributed by atoms with Crippen LogP contribution in [0.4, 0.5) is 0 Å². The number of hydrogen-bond donors (Lipinski definition) is 3. The molecule has 0 heterocycles. The van der Waals surface area contributed by atoms with E-state index in [1.165, 1.54) is 24.3 Å². The molecule has 0 saturated heterocycles. The van der Waals surface area contributed by atoms with Gasteiger partial charge in [-0.3, -0.25) is 9.59 Å². The van der Waals surface area contributed by atoms with Crippen molar-refractivity contribution >= 4 is 21.8 Å². The molecule has 1 aromatic rings. The molecule has 1 aromatic carbocycles. The Morgan fingerprint density at radius 2 is 1.65 bits per heavy atom. The normalized spacial score (nSPS) is 11.8. The van der Waals surface area contributed by atoms with Crippen LogP contribution in [0.5, 0.6) is 0 Å². The number of nitrogens with one attached hydrogen (secondary N) is 3. The predicted octanol–water partition coefficient (Wildman–Crippen LogP) is 0.629. The molecule has 0 aromatic heterocycles. The maximum atomic E-state index is 11.9. The number of hydrogen-bond acceptors (Lipinski definition) is 4. The summed E-state index contributed by atoms with van der Waals surface area (Å²) in [5.74, 6) is -0.737. The Morgan fingerprint density at radius 1 is 1.09 bits per heavy atom. The van der Waals surface area contributed by atoms with Crippen molar-refractivity contribution in [3.8, 4) is 0 Å². The van der Waals surface area contributed by atoms with Crippen LogP contribution in [0.15, 0.2) is 29.2 Å². The number of benzene rings is 1. The van der Waals surface area contributed by atoms with Gasteiger partial charge in [0.15, 0.2) is 0 Å². The minimum Gasteiger partial charge on any atom is -0.350 e. The van der Waals surface area contributed by atoms with E-state index < -0.39 is 15.9 Å². The second-order valence-electron chi connectivity index (χ2n) is 6.01. The van der Waals surface area contributed by atoms with Crippen LogP contribution >= 0.6 is 0 Å². The van der Waals surface area contributed by atoms with Gasteiger partial charge in [0.05, 0.1) is 11.4 Å². The van der Waals surface area contributed by atoms with Crippen LogP contribution in [0.25, 0.3) is 0 Å². The zero-order chi connectivity index (χ0) is 17.7. The lowest BCUT2D eigenvalue weighted by Gasteiger charge is -2.20. The van der Waals surface area contributed by atoms with Gasteiger partial charge in [0.1, 0.15) is 0 Å². The van der Waals surface area contributed by atoms with E-state index in [4.69, 9.17) is 0 Å². The number of carbonyl (C=O) groups is 2. The van der Waals surface area contributed by atoms with Crippen molar-refractivity contribution in [3.63, 3.8) is 0 Å². The predicted molar refractivity (Wildman–Crippen MR) is 87.5 cm³/mol. The van der Waals surface area contributed by atoms with E-state index in [2.05, 4.69) is 15.4 Å². The highest BCUT2D eigenvalue weighted by molar-refractivity contribution is 7.89. The lowest BCUT2D eigenvalue weighted by atomic mass is 10.1. The maximum Gasteiger partial charge on any atom is 0.251 e. The van der Waals surface area contributed by atoms with E-state index in [0.29, 0.717) is 0 Å². The fourth-order valence-electron chi connectivity index (χ4n) is 1.78.